The van der Waals surface area contributed by atoms with Crippen molar-refractivity contribution < 1.29 is 8.94 Å². The number of aromatic nitrogens is 2. The van der Waals surface area contributed by atoms with Gasteiger partial charge in [0.25, 0.3) is 6.01 Å². The second kappa shape index (κ2) is 4.37. The van der Waals surface area contributed by atoms with Crippen molar-refractivity contribution in [2.75, 3.05) is 11.4 Å². The number of fused-ring (bicyclic) bond motifs is 1. The largest absolute Gasteiger partial charge is 0.423 e. The van der Waals surface area contributed by atoms with Gasteiger partial charge in [0.05, 0.1) is 6.04 Å². The summed E-state index contributed by atoms with van der Waals surface area (Å²) in [5, 5.41) is 4.14. The molecular weight excluding hydrogens is 254 g/mol. The quantitative estimate of drug-likeness (QED) is 0.713. The molecule has 0 saturated carbocycles. The normalized spacial score (nSPS) is 19.1. The number of rotatable bonds is 2. The van der Waals surface area contributed by atoms with Crippen LogP contribution in [-0.4, -0.2) is 16.7 Å². The highest BCUT2D eigenvalue weighted by Gasteiger charge is 2.31. The minimum absolute atomic E-state index is 0.195. The Morgan fingerprint density at radius 1 is 1.30 bits per heavy atom. The lowest BCUT2D eigenvalue weighted by molar-refractivity contribution is 0.384. The summed E-state index contributed by atoms with van der Waals surface area (Å²) < 4.78 is 11.1. The summed E-state index contributed by atoms with van der Waals surface area (Å²) in [6.45, 7) is 2.85. The second-order valence-electron chi connectivity index (χ2n) is 5.18. The fourth-order valence-corrected chi connectivity index (χ4v) is 2.83. The zero-order chi connectivity index (χ0) is 13.5. The highest BCUT2D eigenvalue weighted by Crippen LogP contribution is 2.36. The zero-order valence-electron chi connectivity index (χ0n) is 11.2. The van der Waals surface area contributed by atoms with Gasteiger partial charge in [-0.15, -0.1) is 0 Å². The van der Waals surface area contributed by atoms with Crippen molar-refractivity contribution in [1.29, 1.82) is 0 Å². The molecule has 0 bridgehead atoms. The third-order valence-corrected chi connectivity index (χ3v) is 3.77. The zero-order valence-corrected chi connectivity index (χ0v) is 11.2. The molecule has 102 valence electrons. The van der Waals surface area contributed by atoms with E-state index in [0.717, 1.165) is 41.9 Å². The van der Waals surface area contributed by atoms with Crippen LogP contribution in [0.3, 0.4) is 0 Å². The SMILES string of the molecule is Cc1cc(C2CCCN2c2nc3ccccc3o2)no1. The number of aryl methyl sites for hydroxylation is 1. The predicted molar refractivity (Wildman–Crippen MR) is 74.6 cm³/mol. The summed E-state index contributed by atoms with van der Waals surface area (Å²) >= 11 is 0. The van der Waals surface area contributed by atoms with Crippen LogP contribution < -0.4 is 4.90 Å². The Balaban J connectivity index is 1.72. The summed E-state index contributed by atoms with van der Waals surface area (Å²) in [7, 11) is 0. The average Bonchev–Trinajstić information content (AvgIpc) is 3.15. The maximum absolute atomic E-state index is 5.87. The van der Waals surface area contributed by atoms with Crippen LogP contribution in [0.15, 0.2) is 39.3 Å². The van der Waals surface area contributed by atoms with Crippen LogP contribution in [0.5, 0.6) is 0 Å². The lowest BCUT2D eigenvalue weighted by Crippen LogP contribution is -2.22. The fourth-order valence-electron chi connectivity index (χ4n) is 2.83. The van der Waals surface area contributed by atoms with Gasteiger partial charge in [-0.1, -0.05) is 17.3 Å². The third-order valence-electron chi connectivity index (χ3n) is 3.77. The van der Waals surface area contributed by atoms with Crippen molar-refractivity contribution in [2.24, 2.45) is 0 Å². The molecule has 1 aliphatic rings. The Bertz CT molecular complexity index is 713. The van der Waals surface area contributed by atoms with Crippen molar-refractivity contribution in [3.05, 3.63) is 41.8 Å². The topological polar surface area (TPSA) is 55.3 Å². The van der Waals surface area contributed by atoms with Crippen molar-refractivity contribution in [1.82, 2.24) is 10.1 Å². The molecule has 0 spiro atoms. The Morgan fingerprint density at radius 3 is 3.00 bits per heavy atom. The van der Waals surface area contributed by atoms with E-state index in [1.54, 1.807) is 0 Å². The van der Waals surface area contributed by atoms with Crippen molar-refractivity contribution in [3.8, 4) is 0 Å². The van der Waals surface area contributed by atoms with Gasteiger partial charge < -0.3 is 13.8 Å². The molecule has 1 fully saturated rings. The highest BCUT2D eigenvalue weighted by atomic mass is 16.5. The first-order chi connectivity index (χ1) is 9.81. The summed E-state index contributed by atoms with van der Waals surface area (Å²) in [6, 6.07) is 10.7. The van der Waals surface area contributed by atoms with E-state index in [1.807, 2.05) is 37.3 Å². The minimum Gasteiger partial charge on any atom is -0.423 e. The van der Waals surface area contributed by atoms with Crippen molar-refractivity contribution in [3.63, 3.8) is 0 Å². The third kappa shape index (κ3) is 1.78. The molecular formula is C15H15N3O2. The summed E-state index contributed by atoms with van der Waals surface area (Å²) in [5.74, 6) is 0.837. The molecule has 0 radical (unpaired) electrons. The first-order valence-electron chi connectivity index (χ1n) is 6.87. The molecule has 0 amide bonds. The van der Waals surface area contributed by atoms with Gasteiger partial charge in [-0.25, -0.2) is 0 Å². The van der Waals surface area contributed by atoms with Gasteiger partial charge in [-0.3, -0.25) is 0 Å². The van der Waals surface area contributed by atoms with Crippen molar-refractivity contribution in [2.45, 2.75) is 25.8 Å². The van der Waals surface area contributed by atoms with Crippen LogP contribution in [0.1, 0.15) is 30.3 Å². The van der Waals surface area contributed by atoms with Gasteiger partial charge in [-0.2, -0.15) is 4.98 Å². The van der Waals surface area contributed by atoms with Crippen LogP contribution >= 0.6 is 0 Å². The highest BCUT2D eigenvalue weighted by molar-refractivity contribution is 5.74. The van der Waals surface area contributed by atoms with Crippen LogP contribution in [-0.2, 0) is 0 Å². The Hall–Kier alpha value is -2.30. The van der Waals surface area contributed by atoms with Crippen LogP contribution in [0.2, 0.25) is 0 Å². The Kier molecular flexibility index (Phi) is 2.52. The molecule has 1 saturated heterocycles. The van der Waals surface area contributed by atoms with E-state index in [4.69, 9.17) is 8.94 Å². The summed E-state index contributed by atoms with van der Waals surface area (Å²) in [4.78, 5) is 6.76. The fraction of sp³-hybridized carbons (Fsp3) is 0.333. The number of nitrogens with zero attached hydrogens (tertiary/aromatic N) is 3. The summed E-state index contributed by atoms with van der Waals surface area (Å²) in [6.07, 6.45) is 2.15. The Morgan fingerprint density at radius 2 is 2.20 bits per heavy atom. The smallest absolute Gasteiger partial charge is 0.298 e. The van der Waals surface area contributed by atoms with Crippen molar-refractivity contribution >= 4 is 17.1 Å². The van der Waals surface area contributed by atoms with Crippen LogP contribution in [0.25, 0.3) is 11.1 Å². The molecule has 5 nitrogen and oxygen atoms in total. The monoisotopic (exact) mass is 269 g/mol. The number of para-hydroxylation sites is 2. The maximum atomic E-state index is 5.87. The number of oxazole rings is 1. The van der Waals surface area contributed by atoms with Crippen LogP contribution in [0, 0.1) is 6.92 Å². The molecule has 4 rings (SSSR count). The molecule has 1 atom stereocenters. The lowest BCUT2D eigenvalue weighted by Gasteiger charge is -2.20. The summed E-state index contributed by atoms with van der Waals surface area (Å²) in [5.41, 5.74) is 2.68. The standard InChI is InChI=1S/C15H15N3O2/c1-10-9-12(17-20-10)13-6-4-8-18(13)15-16-11-5-2-3-7-14(11)19-15/h2-3,5,7,9,13H,4,6,8H2,1H3. The molecule has 2 aromatic heterocycles. The van der Waals surface area contributed by atoms with Gasteiger partial charge in [0.1, 0.15) is 17.0 Å². The molecule has 1 aliphatic heterocycles. The molecule has 3 aromatic rings. The van der Waals surface area contributed by atoms with E-state index in [0.29, 0.717) is 6.01 Å². The van der Waals surface area contributed by atoms with E-state index in [-0.39, 0.29) is 6.04 Å². The molecule has 1 unspecified atom stereocenters. The van der Waals surface area contributed by atoms with E-state index >= 15 is 0 Å². The predicted octanol–water partition coefficient (Wildman–Crippen LogP) is 3.47. The number of benzene rings is 1. The molecule has 1 aromatic carbocycles. The van der Waals surface area contributed by atoms with E-state index in [2.05, 4.69) is 15.0 Å². The molecule has 5 heteroatoms. The van der Waals surface area contributed by atoms with Gasteiger partial charge in [0, 0.05) is 12.6 Å². The van der Waals surface area contributed by atoms with Crippen LogP contribution in [0.4, 0.5) is 6.01 Å². The minimum atomic E-state index is 0.195. The van der Waals surface area contributed by atoms with E-state index in [1.165, 1.54) is 0 Å². The van der Waals surface area contributed by atoms with Gasteiger partial charge in [-0.05, 0) is 31.9 Å². The number of hydrogen-bond donors (Lipinski definition) is 0. The average molecular weight is 269 g/mol. The number of hydrogen-bond acceptors (Lipinski definition) is 5. The van der Waals surface area contributed by atoms with E-state index < -0.39 is 0 Å². The van der Waals surface area contributed by atoms with Gasteiger partial charge in [0.2, 0.25) is 0 Å². The maximum Gasteiger partial charge on any atom is 0.298 e. The number of anilines is 1. The van der Waals surface area contributed by atoms with E-state index in [9.17, 15) is 0 Å². The molecule has 20 heavy (non-hydrogen) atoms. The van der Waals surface area contributed by atoms with Gasteiger partial charge >= 0.3 is 0 Å². The molecule has 3 heterocycles. The lowest BCUT2D eigenvalue weighted by atomic mass is 10.1. The van der Waals surface area contributed by atoms with Gasteiger partial charge in [0.15, 0.2) is 5.58 Å². The molecule has 0 aliphatic carbocycles. The first kappa shape index (κ1) is 11.5. The Labute approximate surface area is 116 Å². The second-order valence-corrected chi connectivity index (χ2v) is 5.18. The first-order valence-corrected chi connectivity index (χ1v) is 6.87. The molecule has 0 N–H and O–H groups in total.